The van der Waals surface area contributed by atoms with Crippen LogP contribution in [0.5, 0.6) is 5.75 Å². The second kappa shape index (κ2) is 12.1. The molecule has 1 amide bonds. The van der Waals surface area contributed by atoms with Crippen LogP contribution in [0.15, 0.2) is 48.8 Å². The molecule has 1 aliphatic rings. The first-order valence-corrected chi connectivity index (χ1v) is 13.0. The highest BCUT2D eigenvalue weighted by atomic mass is 19.4. The Balaban J connectivity index is 1.30. The average Bonchev–Trinajstić information content (AvgIpc) is 2.89. The minimum atomic E-state index is -4.71. The molecule has 2 N–H and O–H groups in total. The minimum Gasteiger partial charge on any atom is -0.406 e. The van der Waals surface area contributed by atoms with Crippen molar-refractivity contribution in [1.29, 1.82) is 0 Å². The Labute approximate surface area is 231 Å². The van der Waals surface area contributed by atoms with E-state index in [0.717, 1.165) is 29.7 Å². The Hall–Kier alpha value is -3.93. The molecular formula is C28H33F3N6O3. The van der Waals surface area contributed by atoms with E-state index in [1.165, 1.54) is 18.5 Å². The van der Waals surface area contributed by atoms with Crippen LogP contribution in [0.2, 0.25) is 0 Å². The van der Waals surface area contributed by atoms with Gasteiger partial charge in [0.05, 0.1) is 12.7 Å². The van der Waals surface area contributed by atoms with Gasteiger partial charge in [-0.05, 0) is 55.2 Å². The highest BCUT2D eigenvalue weighted by Crippen LogP contribution is 2.28. The summed E-state index contributed by atoms with van der Waals surface area (Å²) in [7, 11) is 0. The molecule has 0 spiro atoms. The maximum atomic E-state index is 12.4. The molecule has 0 bridgehead atoms. The number of nitrogens with one attached hydrogen (secondary N) is 2. The van der Waals surface area contributed by atoms with Crippen LogP contribution in [0.25, 0.3) is 0 Å². The molecule has 1 fully saturated rings. The fraction of sp³-hybridized carbons (Fsp3) is 0.429. The third kappa shape index (κ3) is 8.04. The Morgan fingerprint density at radius 2 is 1.70 bits per heavy atom. The van der Waals surface area contributed by atoms with E-state index >= 15 is 0 Å². The first-order chi connectivity index (χ1) is 18.9. The number of ether oxygens (including phenoxy) is 2. The van der Waals surface area contributed by atoms with E-state index in [4.69, 9.17) is 4.74 Å². The minimum absolute atomic E-state index is 0.00971. The summed E-state index contributed by atoms with van der Waals surface area (Å²) in [5, 5.41) is 6.21. The molecule has 3 aromatic rings. The third-order valence-corrected chi connectivity index (χ3v) is 6.44. The van der Waals surface area contributed by atoms with Crippen molar-refractivity contribution in [2.75, 3.05) is 28.6 Å². The van der Waals surface area contributed by atoms with Gasteiger partial charge in [-0.3, -0.25) is 4.79 Å². The molecule has 40 heavy (non-hydrogen) atoms. The topological polar surface area (TPSA) is 102 Å². The van der Waals surface area contributed by atoms with Crippen LogP contribution in [0.4, 0.5) is 36.4 Å². The van der Waals surface area contributed by atoms with Gasteiger partial charge >= 0.3 is 6.36 Å². The van der Waals surface area contributed by atoms with Crippen molar-refractivity contribution in [3.8, 4) is 5.75 Å². The van der Waals surface area contributed by atoms with Gasteiger partial charge in [-0.25, -0.2) is 9.97 Å². The summed E-state index contributed by atoms with van der Waals surface area (Å²) in [4.78, 5) is 27.7. The molecule has 0 unspecified atom stereocenters. The Kier molecular flexibility index (Phi) is 8.77. The summed E-state index contributed by atoms with van der Waals surface area (Å²) >= 11 is 0. The molecule has 0 aliphatic carbocycles. The second-order valence-electron chi connectivity index (χ2n) is 10.6. The van der Waals surface area contributed by atoms with E-state index in [9.17, 15) is 18.0 Å². The monoisotopic (exact) mass is 558 g/mol. The smallest absolute Gasteiger partial charge is 0.406 e. The molecule has 1 aliphatic heterocycles. The first-order valence-electron chi connectivity index (χ1n) is 13.0. The van der Waals surface area contributed by atoms with Crippen LogP contribution in [-0.4, -0.2) is 46.4 Å². The first kappa shape index (κ1) is 29.1. The van der Waals surface area contributed by atoms with Gasteiger partial charge in [0.15, 0.2) is 0 Å². The lowest BCUT2D eigenvalue weighted by Gasteiger charge is -2.32. The number of aromatic nitrogens is 3. The van der Waals surface area contributed by atoms with Crippen molar-refractivity contribution in [3.05, 3.63) is 59.9 Å². The lowest BCUT2D eigenvalue weighted by Crippen LogP contribution is -2.38. The molecule has 0 atom stereocenters. The molecule has 1 saturated heterocycles. The maximum absolute atomic E-state index is 12.4. The number of carbonyl (C=O) groups is 1. The number of halogens is 3. The summed E-state index contributed by atoms with van der Waals surface area (Å²) < 4.78 is 46.9. The molecule has 1 aromatic heterocycles. The zero-order valence-corrected chi connectivity index (χ0v) is 22.9. The molecule has 0 radical (unpaired) electrons. The predicted molar refractivity (Wildman–Crippen MR) is 146 cm³/mol. The van der Waals surface area contributed by atoms with Crippen molar-refractivity contribution >= 4 is 29.2 Å². The van der Waals surface area contributed by atoms with Gasteiger partial charge in [-0.15, -0.1) is 13.2 Å². The second-order valence-corrected chi connectivity index (χ2v) is 10.6. The molecule has 214 valence electrons. The lowest BCUT2D eigenvalue weighted by molar-refractivity contribution is -0.274. The molecule has 2 heterocycles. The number of alkyl halides is 3. The molecule has 2 aromatic carbocycles. The van der Waals surface area contributed by atoms with Crippen LogP contribution in [-0.2, 0) is 16.1 Å². The average molecular weight is 559 g/mol. The van der Waals surface area contributed by atoms with E-state index in [1.54, 1.807) is 12.1 Å². The normalized spacial score (nSPS) is 14.6. The van der Waals surface area contributed by atoms with E-state index in [0.29, 0.717) is 37.3 Å². The summed E-state index contributed by atoms with van der Waals surface area (Å²) in [6, 6.07) is 11.3. The largest absolute Gasteiger partial charge is 0.573 e. The van der Waals surface area contributed by atoms with Gasteiger partial charge in [0.25, 0.3) is 0 Å². The summed E-state index contributed by atoms with van der Waals surface area (Å²) in [5.74, 6) is 0.608. The number of amides is 1. The maximum Gasteiger partial charge on any atom is 0.573 e. The lowest BCUT2D eigenvalue weighted by atomic mass is 9.95. The van der Waals surface area contributed by atoms with Gasteiger partial charge in [-0.1, -0.05) is 39.0 Å². The van der Waals surface area contributed by atoms with E-state index in [2.05, 4.69) is 35.2 Å². The van der Waals surface area contributed by atoms with Crippen LogP contribution in [0, 0.1) is 12.3 Å². The number of rotatable bonds is 8. The van der Waals surface area contributed by atoms with Gasteiger partial charge < -0.3 is 25.0 Å². The molecule has 9 nitrogen and oxygen atoms in total. The number of hydrogen-bond acceptors (Lipinski definition) is 8. The number of hydrogen-bond donors (Lipinski definition) is 2. The summed E-state index contributed by atoms with van der Waals surface area (Å²) in [5.41, 5.74) is 2.60. The summed E-state index contributed by atoms with van der Waals surface area (Å²) in [6.07, 6.45) is -1.75. The van der Waals surface area contributed by atoms with Crippen LogP contribution < -0.4 is 20.3 Å². The van der Waals surface area contributed by atoms with Crippen molar-refractivity contribution in [2.24, 2.45) is 5.41 Å². The number of piperidine rings is 1. The molecule has 12 heteroatoms. The van der Waals surface area contributed by atoms with Crippen molar-refractivity contribution < 1.29 is 27.4 Å². The Morgan fingerprint density at radius 1 is 1.02 bits per heavy atom. The quantitative estimate of drug-likeness (QED) is 0.348. The van der Waals surface area contributed by atoms with E-state index in [1.807, 2.05) is 45.9 Å². The van der Waals surface area contributed by atoms with Crippen molar-refractivity contribution in [3.63, 3.8) is 0 Å². The number of anilines is 4. The Bertz CT molecular complexity index is 1300. The number of carbonyl (C=O) groups excluding carboxylic acids is 1. The zero-order valence-electron chi connectivity index (χ0n) is 22.9. The molecule has 0 saturated carbocycles. The summed E-state index contributed by atoms with van der Waals surface area (Å²) in [6.45, 7) is 9.16. The van der Waals surface area contributed by atoms with Crippen LogP contribution >= 0.6 is 0 Å². The molecule has 4 rings (SSSR count). The predicted octanol–water partition coefficient (Wildman–Crippen LogP) is 5.99. The highest BCUT2D eigenvalue weighted by Gasteiger charge is 2.31. The number of nitrogens with zero attached hydrogens (tertiary/aromatic N) is 4. The standard InChI is InChI=1S/C28H33F3N6O3/c1-18-22(34-24(38)27(2,3)4)6-5-7-23(18)35-25-32-17-33-26(36-25)37-14-12-20(13-15-37)39-16-19-8-10-21(11-9-19)40-28(29,30)31/h5-11,17,20H,12-16H2,1-4H3,(H,34,38)(H,32,33,35,36). The van der Waals surface area contributed by atoms with Crippen molar-refractivity contribution in [1.82, 2.24) is 15.0 Å². The van der Waals surface area contributed by atoms with Crippen LogP contribution in [0.3, 0.4) is 0 Å². The SMILES string of the molecule is Cc1c(NC(=O)C(C)(C)C)cccc1Nc1ncnc(N2CCC(OCc3ccc(OC(F)(F)F)cc3)CC2)n1. The fourth-order valence-corrected chi connectivity index (χ4v) is 4.06. The van der Waals surface area contributed by atoms with E-state index < -0.39 is 11.8 Å². The fourth-order valence-electron chi connectivity index (χ4n) is 4.06. The van der Waals surface area contributed by atoms with Gasteiger partial charge in [0.2, 0.25) is 17.8 Å². The van der Waals surface area contributed by atoms with Gasteiger partial charge in [0, 0.05) is 29.9 Å². The third-order valence-electron chi connectivity index (χ3n) is 6.44. The zero-order chi connectivity index (χ0) is 28.9. The van der Waals surface area contributed by atoms with E-state index in [-0.39, 0.29) is 17.8 Å². The Morgan fingerprint density at radius 3 is 2.35 bits per heavy atom. The number of benzene rings is 2. The molecular weight excluding hydrogens is 525 g/mol. The van der Waals surface area contributed by atoms with Crippen molar-refractivity contribution in [2.45, 2.75) is 59.6 Å². The highest BCUT2D eigenvalue weighted by molar-refractivity contribution is 5.96. The van der Waals surface area contributed by atoms with Crippen LogP contribution in [0.1, 0.15) is 44.7 Å². The van der Waals surface area contributed by atoms with Gasteiger partial charge in [0.1, 0.15) is 12.1 Å². The van der Waals surface area contributed by atoms with Gasteiger partial charge in [-0.2, -0.15) is 4.98 Å².